The Morgan fingerprint density at radius 3 is 2.34 bits per heavy atom. The highest BCUT2D eigenvalue weighted by Gasteiger charge is 2.24. The van der Waals surface area contributed by atoms with Crippen LogP contribution in [0, 0.1) is 11.2 Å². The number of amidine groups is 1. The van der Waals surface area contributed by atoms with E-state index in [9.17, 15) is 18.8 Å². The van der Waals surface area contributed by atoms with E-state index in [-0.39, 0.29) is 36.7 Å². The number of piperidine rings is 1. The lowest BCUT2D eigenvalue weighted by atomic mass is 9.98. The minimum atomic E-state index is -0.477. The lowest BCUT2D eigenvalue weighted by Crippen LogP contribution is -2.41. The Kier molecular flexibility index (Phi) is 11.0. The summed E-state index contributed by atoms with van der Waals surface area (Å²) in [4.78, 5) is 39.1. The van der Waals surface area contributed by atoms with Crippen molar-refractivity contribution in [3.05, 3.63) is 83.7 Å². The normalized spacial score (nSPS) is 14.3. The van der Waals surface area contributed by atoms with Gasteiger partial charge in [0.2, 0.25) is 11.8 Å². The number of hydrogen-bond acceptors (Lipinski definition) is 7. The highest BCUT2D eigenvalue weighted by molar-refractivity contribution is 6.04. The molecule has 0 aliphatic carbocycles. The van der Waals surface area contributed by atoms with Crippen molar-refractivity contribution in [2.75, 3.05) is 31.6 Å². The maximum atomic E-state index is 13.7. The van der Waals surface area contributed by atoms with Crippen LogP contribution in [0.5, 0.6) is 5.75 Å². The number of nitrogens with one attached hydrogen (secondary N) is 3. The number of nitrogen functional groups attached to an aromatic ring is 1. The zero-order chi connectivity index (χ0) is 31.6. The minimum Gasteiger partial charge on any atom is -0.490 e. The summed E-state index contributed by atoms with van der Waals surface area (Å²) in [7, 11) is 0. The van der Waals surface area contributed by atoms with Gasteiger partial charge < -0.3 is 25.8 Å². The fourth-order valence-electron chi connectivity index (χ4n) is 4.99. The molecule has 11 heteroatoms. The van der Waals surface area contributed by atoms with Gasteiger partial charge >= 0.3 is 5.97 Å². The molecule has 1 atom stereocenters. The van der Waals surface area contributed by atoms with Crippen LogP contribution in [0.15, 0.2) is 66.7 Å². The number of hydrogen-bond donors (Lipinski definition) is 4. The molecule has 1 aliphatic heterocycles. The molecule has 4 rings (SSSR count). The van der Waals surface area contributed by atoms with E-state index in [1.807, 2.05) is 25.1 Å². The smallest absolute Gasteiger partial charge is 0.320 e. The molecular weight excluding hydrogens is 565 g/mol. The van der Waals surface area contributed by atoms with E-state index in [0.717, 1.165) is 29.5 Å². The third kappa shape index (κ3) is 9.11. The number of nitrogens with zero attached hydrogens (tertiary/aromatic N) is 1. The molecular formula is C33H38FN5O5. The van der Waals surface area contributed by atoms with E-state index >= 15 is 0 Å². The molecule has 3 aromatic carbocycles. The maximum Gasteiger partial charge on any atom is 0.320 e. The molecule has 0 aromatic heterocycles. The number of carbonyl (C=O) groups excluding carboxylic acids is 3. The maximum absolute atomic E-state index is 13.7. The molecule has 44 heavy (non-hydrogen) atoms. The Labute approximate surface area is 256 Å². The van der Waals surface area contributed by atoms with Gasteiger partial charge in [-0.3, -0.25) is 24.7 Å². The first-order chi connectivity index (χ1) is 21.1. The monoisotopic (exact) mass is 603 g/mol. The Morgan fingerprint density at radius 2 is 1.70 bits per heavy atom. The molecule has 1 fully saturated rings. The van der Waals surface area contributed by atoms with Crippen molar-refractivity contribution in [2.45, 2.75) is 45.3 Å². The lowest BCUT2D eigenvalue weighted by Gasteiger charge is -2.32. The van der Waals surface area contributed by atoms with Crippen molar-refractivity contribution in [1.82, 2.24) is 10.2 Å². The SMILES string of the molecule is CCOC(=O)CN1CCC(Oc2ccc(C(C)NC(=O)CC(=O)Nc3ccc(C(=N)N)cc3)cc2-c2ccc(F)cc2)CC1. The number of esters is 1. The van der Waals surface area contributed by atoms with Gasteiger partial charge in [0, 0.05) is 29.9 Å². The van der Waals surface area contributed by atoms with E-state index in [0.29, 0.717) is 36.7 Å². The van der Waals surface area contributed by atoms with Crippen LogP contribution >= 0.6 is 0 Å². The predicted octanol–water partition coefficient (Wildman–Crippen LogP) is 4.39. The Bertz CT molecular complexity index is 1470. The van der Waals surface area contributed by atoms with Crippen molar-refractivity contribution in [2.24, 2.45) is 5.73 Å². The van der Waals surface area contributed by atoms with E-state index in [4.69, 9.17) is 20.6 Å². The summed E-state index contributed by atoms with van der Waals surface area (Å²) in [5, 5.41) is 13.0. The van der Waals surface area contributed by atoms with Crippen LogP contribution in [0.1, 0.15) is 50.3 Å². The van der Waals surface area contributed by atoms with Gasteiger partial charge in [-0.15, -0.1) is 0 Å². The van der Waals surface area contributed by atoms with Crippen LogP contribution in [0.3, 0.4) is 0 Å². The molecule has 3 aromatic rings. The predicted molar refractivity (Wildman–Crippen MR) is 166 cm³/mol. The topological polar surface area (TPSA) is 147 Å². The third-order valence-electron chi connectivity index (χ3n) is 7.32. The summed E-state index contributed by atoms with van der Waals surface area (Å²) in [6.45, 7) is 5.63. The van der Waals surface area contributed by atoms with Crippen LogP contribution in [0.2, 0.25) is 0 Å². The van der Waals surface area contributed by atoms with Gasteiger partial charge in [-0.05, 0) is 86.3 Å². The summed E-state index contributed by atoms with van der Waals surface area (Å²) >= 11 is 0. The van der Waals surface area contributed by atoms with Crippen molar-refractivity contribution < 1.29 is 28.2 Å². The average Bonchev–Trinajstić information content (AvgIpc) is 2.99. The highest BCUT2D eigenvalue weighted by Crippen LogP contribution is 2.34. The van der Waals surface area contributed by atoms with Gasteiger partial charge in [0.15, 0.2) is 0 Å². The quantitative estimate of drug-likeness (QED) is 0.104. The van der Waals surface area contributed by atoms with E-state index in [1.54, 1.807) is 43.3 Å². The molecule has 232 valence electrons. The number of amides is 2. The molecule has 1 aliphatic rings. The Morgan fingerprint density at radius 1 is 1.02 bits per heavy atom. The number of benzene rings is 3. The van der Waals surface area contributed by atoms with Crippen LogP contribution in [-0.4, -0.2) is 60.9 Å². The van der Waals surface area contributed by atoms with E-state index in [1.165, 1.54) is 12.1 Å². The van der Waals surface area contributed by atoms with Gasteiger partial charge in [-0.1, -0.05) is 18.2 Å². The number of nitrogens with two attached hydrogens (primary N) is 1. The van der Waals surface area contributed by atoms with Gasteiger partial charge in [0.25, 0.3) is 0 Å². The summed E-state index contributed by atoms with van der Waals surface area (Å²) in [5.74, 6) is -0.953. The second-order valence-corrected chi connectivity index (χ2v) is 10.7. The standard InChI is InChI=1S/C33H38FN5O5/c1-3-43-32(42)20-39-16-14-27(15-17-39)44-29-13-8-24(18-28(29)22-4-9-25(34)10-5-22)21(2)37-30(40)19-31(41)38-26-11-6-23(7-12-26)33(35)36/h4-13,18,21,27H,3,14-17,19-20H2,1-2H3,(H3,35,36)(H,37,40)(H,38,41). The summed E-state index contributed by atoms with van der Waals surface area (Å²) in [5.41, 5.74) is 8.78. The number of halogens is 1. The molecule has 0 spiro atoms. The van der Waals surface area contributed by atoms with Crippen molar-refractivity contribution in [3.8, 4) is 16.9 Å². The minimum absolute atomic E-state index is 0.0622. The third-order valence-corrected chi connectivity index (χ3v) is 7.32. The zero-order valence-corrected chi connectivity index (χ0v) is 24.9. The van der Waals surface area contributed by atoms with E-state index < -0.39 is 17.9 Å². The number of likely N-dealkylation sites (tertiary alicyclic amines) is 1. The van der Waals surface area contributed by atoms with Crippen molar-refractivity contribution in [1.29, 1.82) is 5.41 Å². The molecule has 0 bridgehead atoms. The molecule has 1 saturated heterocycles. The average molecular weight is 604 g/mol. The molecule has 1 heterocycles. The van der Waals surface area contributed by atoms with Gasteiger partial charge in [0.1, 0.15) is 29.9 Å². The molecule has 0 radical (unpaired) electrons. The van der Waals surface area contributed by atoms with Crippen LogP contribution < -0.4 is 21.1 Å². The second kappa shape index (κ2) is 15.1. The fraction of sp³-hybridized carbons (Fsp3) is 0.333. The number of ether oxygens (including phenoxy) is 2. The number of carbonyl (C=O) groups is 3. The van der Waals surface area contributed by atoms with Crippen LogP contribution in [0.4, 0.5) is 10.1 Å². The first-order valence-corrected chi connectivity index (χ1v) is 14.6. The number of anilines is 1. The zero-order valence-electron chi connectivity index (χ0n) is 24.9. The molecule has 1 unspecified atom stereocenters. The lowest BCUT2D eigenvalue weighted by molar-refractivity contribution is -0.145. The van der Waals surface area contributed by atoms with Gasteiger partial charge in [-0.25, -0.2) is 4.39 Å². The summed E-state index contributed by atoms with van der Waals surface area (Å²) in [6, 6.07) is 17.8. The van der Waals surface area contributed by atoms with E-state index in [2.05, 4.69) is 15.5 Å². The fourth-order valence-corrected chi connectivity index (χ4v) is 4.99. The van der Waals surface area contributed by atoms with Crippen molar-refractivity contribution in [3.63, 3.8) is 0 Å². The van der Waals surface area contributed by atoms with Gasteiger partial charge in [-0.2, -0.15) is 0 Å². The van der Waals surface area contributed by atoms with Crippen LogP contribution in [-0.2, 0) is 19.1 Å². The molecule has 10 nitrogen and oxygen atoms in total. The molecule has 0 saturated carbocycles. The second-order valence-electron chi connectivity index (χ2n) is 10.7. The molecule has 2 amide bonds. The van der Waals surface area contributed by atoms with Crippen molar-refractivity contribution >= 4 is 29.3 Å². The first kappa shape index (κ1) is 32.2. The van der Waals surface area contributed by atoms with Crippen LogP contribution in [0.25, 0.3) is 11.1 Å². The summed E-state index contributed by atoms with van der Waals surface area (Å²) < 4.78 is 25.2. The Balaban J connectivity index is 1.40. The largest absolute Gasteiger partial charge is 0.490 e. The highest BCUT2D eigenvalue weighted by atomic mass is 19.1. The Hall–Kier alpha value is -4.77. The number of rotatable bonds is 12. The molecule has 5 N–H and O–H groups in total. The summed E-state index contributed by atoms with van der Waals surface area (Å²) in [6.07, 6.45) is 1.03. The first-order valence-electron chi connectivity index (χ1n) is 14.6. The van der Waals surface area contributed by atoms with Gasteiger partial charge in [0.05, 0.1) is 19.2 Å².